The lowest BCUT2D eigenvalue weighted by atomic mass is 10.1. The van der Waals surface area contributed by atoms with Crippen LogP contribution in [0.3, 0.4) is 0 Å². The van der Waals surface area contributed by atoms with Crippen LogP contribution < -0.4 is 0 Å². The standard InChI is InChI=1S/C9H16.C2H6.HI/c1-4-7-9(6-3)8-5-2;1-2;/h4,7H,1,5-6,8H2,2-3H3;1-2H3;1H/b9-7-;;. The van der Waals surface area contributed by atoms with E-state index in [0.717, 1.165) is 0 Å². The van der Waals surface area contributed by atoms with Crippen molar-refractivity contribution in [2.24, 2.45) is 0 Å². The Hall–Kier alpha value is 0.210. The first-order chi connectivity index (χ1) is 5.35. The van der Waals surface area contributed by atoms with Gasteiger partial charge in [0.25, 0.3) is 0 Å². The summed E-state index contributed by atoms with van der Waals surface area (Å²) in [6.45, 7) is 12.0. The van der Waals surface area contributed by atoms with Gasteiger partial charge in [-0.2, -0.15) is 0 Å². The van der Waals surface area contributed by atoms with Crippen LogP contribution in [0.1, 0.15) is 47.0 Å². The first-order valence-corrected chi connectivity index (χ1v) is 4.65. The van der Waals surface area contributed by atoms with Crippen LogP contribution in [0.15, 0.2) is 24.3 Å². The van der Waals surface area contributed by atoms with E-state index in [9.17, 15) is 0 Å². The molecule has 0 aromatic rings. The van der Waals surface area contributed by atoms with Crippen LogP contribution in [0.4, 0.5) is 0 Å². The molecule has 0 aliphatic heterocycles. The Bertz CT molecular complexity index is 104. The number of rotatable bonds is 4. The van der Waals surface area contributed by atoms with Gasteiger partial charge in [-0.3, -0.25) is 0 Å². The molecule has 0 radical (unpaired) electrons. The second kappa shape index (κ2) is 17.3. The first-order valence-electron chi connectivity index (χ1n) is 4.65. The van der Waals surface area contributed by atoms with Crippen molar-refractivity contribution < 1.29 is 0 Å². The zero-order valence-corrected chi connectivity index (χ0v) is 11.2. The van der Waals surface area contributed by atoms with Crippen molar-refractivity contribution in [2.45, 2.75) is 47.0 Å². The molecule has 0 atom stereocenters. The van der Waals surface area contributed by atoms with Gasteiger partial charge < -0.3 is 0 Å². The van der Waals surface area contributed by atoms with Gasteiger partial charge in [0.05, 0.1) is 0 Å². The molecule has 0 heterocycles. The average Bonchev–Trinajstić information content (AvgIpc) is 2.08. The maximum atomic E-state index is 3.65. The number of allylic oxidation sites excluding steroid dienone is 3. The normalized spacial score (nSPS) is 9.17. The monoisotopic (exact) mass is 282 g/mol. The van der Waals surface area contributed by atoms with Crippen molar-refractivity contribution in [3.63, 3.8) is 0 Å². The molecular formula is C11H23I. The van der Waals surface area contributed by atoms with Crippen molar-refractivity contribution in [2.75, 3.05) is 0 Å². The molecule has 0 saturated heterocycles. The highest BCUT2D eigenvalue weighted by molar-refractivity contribution is 14.0. The van der Waals surface area contributed by atoms with Crippen LogP contribution in [0, 0.1) is 0 Å². The molecule has 0 aliphatic rings. The minimum Gasteiger partial charge on any atom is -0.107 e. The maximum Gasteiger partial charge on any atom is -0.0320 e. The molecule has 0 spiro atoms. The molecule has 0 fully saturated rings. The summed E-state index contributed by atoms with van der Waals surface area (Å²) in [6.07, 6.45) is 7.62. The smallest absolute Gasteiger partial charge is 0.0320 e. The van der Waals surface area contributed by atoms with E-state index >= 15 is 0 Å². The van der Waals surface area contributed by atoms with Crippen molar-refractivity contribution in [3.05, 3.63) is 24.3 Å². The van der Waals surface area contributed by atoms with Crippen LogP contribution in [0.2, 0.25) is 0 Å². The van der Waals surface area contributed by atoms with Crippen molar-refractivity contribution in [1.29, 1.82) is 0 Å². The third-order valence-electron chi connectivity index (χ3n) is 1.38. The molecule has 0 aliphatic carbocycles. The molecule has 0 N–H and O–H groups in total. The summed E-state index contributed by atoms with van der Waals surface area (Å²) in [6, 6.07) is 0. The summed E-state index contributed by atoms with van der Waals surface area (Å²) >= 11 is 0. The van der Waals surface area contributed by atoms with Crippen molar-refractivity contribution >= 4 is 24.0 Å². The van der Waals surface area contributed by atoms with Gasteiger partial charge in [-0.15, -0.1) is 24.0 Å². The van der Waals surface area contributed by atoms with Gasteiger partial charge >= 0.3 is 0 Å². The highest BCUT2D eigenvalue weighted by atomic mass is 127. The summed E-state index contributed by atoms with van der Waals surface area (Å²) in [5.41, 5.74) is 1.51. The lowest BCUT2D eigenvalue weighted by Crippen LogP contribution is -1.77. The Morgan fingerprint density at radius 2 is 1.75 bits per heavy atom. The molecule has 0 nitrogen and oxygen atoms in total. The second-order valence-electron chi connectivity index (χ2n) is 2.16. The lowest BCUT2D eigenvalue weighted by molar-refractivity contribution is 0.859. The van der Waals surface area contributed by atoms with Gasteiger partial charge in [0, 0.05) is 0 Å². The molecule has 0 aromatic heterocycles. The Morgan fingerprint density at radius 1 is 1.25 bits per heavy atom. The average molecular weight is 282 g/mol. The topological polar surface area (TPSA) is 0 Å². The summed E-state index contributed by atoms with van der Waals surface area (Å²) in [5, 5.41) is 0. The fraction of sp³-hybridized carbons (Fsp3) is 0.636. The van der Waals surface area contributed by atoms with E-state index in [-0.39, 0.29) is 24.0 Å². The fourth-order valence-electron chi connectivity index (χ4n) is 0.866. The third kappa shape index (κ3) is 12.8. The van der Waals surface area contributed by atoms with Gasteiger partial charge in [0.1, 0.15) is 0 Å². The summed E-state index contributed by atoms with van der Waals surface area (Å²) in [4.78, 5) is 0. The minimum absolute atomic E-state index is 0. The molecule has 74 valence electrons. The first kappa shape index (κ1) is 18.1. The predicted molar refractivity (Wildman–Crippen MR) is 70.2 cm³/mol. The third-order valence-corrected chi connectivity index (χ3v) is 1.38. The maximum absolute atomic E-state index is 3.65. The molecule has 0 saturated carbocycles. The molecule has 0 bridgehead atoms. The highest BCUT2D eigenvalue weighted by Gasteiger charge is 1.87. The van der Waals surface area contributed by atoms with E-state index in [1.807, 2.05) is 19.9 Å². The van der Waals surface area contributed by atoms with E-state index in [1.165, 1.54) is 24.8 Å². The Balaban J connectivity index is -0.000000249. The number of hydrogen-bond acceptors (Lipinski definition) is 0. The zero-order valence-electron chi connectivity index (χ0n) is 8.89. The molecule has 0 amide bonds. The van der Waals surface area contributed by atoms with Gasteiger partial charge in [-0.05, 0) is 12.8 Å². The number of halogens is 1. The Kier molecular flexibility index (Phi) is 26.1. The van der Waals surface area contributed by atoms with Crippen LogP contribution in [-0.2, 0) is 0 Å². The minimum atomic E-state index is 0. The molecular weight excluding hydrogens is 259 g/mol. The SMILES string of the molecule is C=C/C=C(/CC)CCC.CC.I. The molecule has 0 rings (SSSR count). The van der Waals surface area contributed by atoms with E-state index in [0.29, 0.717) is 0 Å². The van der Waals surface area contributed by atoms with Crippen LogP contribution >= 0.6 is 24.0 Å². The van der Waals surface area contributed by atoms with E-state index in [2.05, 4.69) is 26.5 Å². The quantitative estimate of drug-likeness (QED) is 0.505. The van der Waals surface area contributed by atoms with Crippen LogP contribution in [0.25, 0.3) is 0 Å². The highest BCUT2D eigenvalue weighted by Crippen LogP contribution is 2.07. The summed E-state index contributed by atoms with van der Waals surface area (Å²) in [7, 11) is 0. The fourth-order valence-corrected chi connectivity index (χ4v) is 0.866. The predicted octanol–water partition coefficient (Wildman–Crippen LogP) is 4.95. The summed E-state index contributed by atoms with van der Waals surface area (Å²) < 4.78 is 0. The van der Waals surface area contributed by atoms with Crippen molar-refractivity contribution in [1.82, 2.24) is 0 Å². The molecule has 0 unspecified atom stereocenters. The van der Waals surface area contributed by atoms with E-state index in [4.69, 9.17) is 0 Å². The molecule has 0 aromatic carbocycles. The molecule has 1 heteroatoms. The Morgan fingerprint density at radius 3 is 2.00 bits per heavy atom. The second-order valence-corrected chi connectivity index (χ2v) is 2.16. The van der Waals surface area contributed by atoms with Gasteiger partial charge in [0.2, 0.25) is 0 Å². The largest absolute Gasteiger partial charge is 0.107 e. The summed E-state index contributed by atoms with van der Waals surface area (Å²) in [5.74, 6) is 0. The van der Waals surface area contributed by atoms with Crippen LogP contribution in [-0.4, -0.2) is 0 Å². The van der Waals surface area contributed by atoms with E-state index in [1.54, 1.807) is 0 Å². The van der Waals surface area contributed by atoms with E-state index < -0.39 is 0 Å². The van der Waals surface area contributed by atoms with Gasteiger partial charge in [-0.1, -0.05) is 58.4 Å². The van der Waals surface area contributed by atoms with Crippen molar-refractivity contribution in [3.8, 4) is 0 Å². The zero-order chi connectivity index (χ0) is 9.11. The lowest BCUT2D eigenvalue weighted by Gasteiger charge is -1.97. The van der Waals surface area contributed by atoms with Gasteiger partial charge in [0.15, 0.2) is 0 Å². The molecule has 12 heavy (non-hydrogen) atoms. The van der Waals surface area contributed by atoms with Gasteiger partial charge in [-0.25, -0.2) is 0 Å². The van der Waals surface area contributed by atoms with Crippen LogP contribution in [0.5, 0.6) is 0 Å². The Labute approximate surface area is 95.2 Å². The number of hydrogen-bond donors (Lipinski definition) is 0.